The lowest BCUT2D eigenvalue weighted by molar-refractivity contribution is 0.543. The topological polar surface area (TPSA) is 29.9 Å². The Bertz CT molecular complexity index is 255. The summed E-state index contributed by atoms with van der Waals surface area (Å²) in [6.45, 7) is 5.51. The van der Waals surface area contributed by atoms with Crippen molar-refractivity contribution < 1.29 is 0 Å². The van der Waals surface area contributed by atoms with Crippen molar-refractivity contribution in [2.75, 3.05) is 6.54 Å². The first kappa shape index (κ1) is 11.2. The Morgan fingerprint density at radius 2 is 2.29 bits per heavy atom. The van der Waals surface area contributed by atoms with Gasteiger partial charge >= 0.3 is 0 Å². The summed E-state index contributed by atoms with van der Waals surface area (Å²) in [6, 6.07) is 0.417. The van der Waals surface area contributed by atoms with E-state index in [1.54, 1.807) is 0 Å². The lowest BCUT2D eigenvalue weighted by atomic mass is 10.2. The Balaban J connectivity index is 2.25. The maximum Gasteiger partial charge on any atom is 0.0537 e. The number of rotatable bonds is 6. The van der Waals surface area contributed by atoms with E-state index in [2.05, 4.69) is 30.5 Å². The number of aromatic nitrogens is 2. The number of nitrogens with one attached hydrogen (secondary N) is 1. The van der Waals surface area contributed by atoms with Gasteiger partial charge in [-0.05, 0) is 19.9 Å². The average Bonchev–Trinajstić information content (AvgIpc) is 2.59. The molecule has 0 spiro atoms. The van der Waals surface area contributed by atoms with Gasteiger partial charge in [0.1, 0.15) is 0 Å². The normalized spacial score (nSPS) is 13.1. The fourth-order valence-electron chi connectivity index (χ4n) is 1.48. The van der Waals surface area contributed by atoms with Crippen LogP contribution in [0.15, 0.2) is 12.4 Å². The first-order valence-electron chi connectivity index (χ1n) is 5.46. The molecule has 1 atom stereocenters. The smallest absolute Gasteiger partial charge is 0.0537 e. The molecule has 1 rings (SSSR count). The van der Waals surface area contributed by atoms with Crippen LogP contribution in [0.4, 0.5) is 0 Å². The van der Waals surface area contributed by atoms with Gasteiger partial charge in [-0.15, -0.1) is 0 Å². The second-order valence-electron chi connectivity index (χ2n) is 3.83. The summed E-state index contributed by atoms with van der Waals surface area (Å²) in [5.74, 6) is 0. The van der Waals surface area contributed by atoms with Gasteiger partial charge < -0.3 is 5.32 Å². The number of hydrogen-bond donors (Lipinski definition) is 1. The molecule has 0 bridgehead atoms. The highest BCUT2D eigenvalue weighted by Gasteiger charge is 2.05. The molecule has 0 aliphatic rings. The first-order valence-corrected chi connectivity index (χ1v) is 5.46. The van der Waals surface area contributed by atoms with Gasteiger partial charge in [0, 0.05) is 24.8 Å². The van der Waals surface area contributed by atoms with Crippen molar-refractivity contribution in [3.8, 4) is 0 Å². The molecule has 0 fully saturated rings. The van der Waals surface area contributed by atoms with E-state index in [1.165, 1.54) is 24.8 Å². The van der Waals surface area contributed by atoms with Crippen molar-refractivity contribution in [1.82, 2.24) is 15.1 Å². The van der Waals surface area contributed by atoms with E-state index in [1.807, 2.05) is 17.9 Å². The van der Waals surface area contributed by atoms with Crippen LogP contribution >= 0.6 is 0 Å². The Morgan fingerprint density at radius 3 is 2.86 bits per heavy atom. The molecule has 3 heteroatoms. The molecule has 1 aromatic rings. The van der Waals surface area contributed by atoms with Crippen LogP contribution in [0, 0.1) is 0 Å². The minimum absolute atomic E-state index is 0.417. The molecule has 0 aliphatic carbocycles. The van der Waals surface area contributed by atoms with E-state index >= 15 is 0 Å². The lowest BCUT2D eigenvalue weighted by Crippen LogP contribution is -2.19. The fourth-order valence-corrected chi connectivity index (χ4v) is 1.48. The van der Waals surface area contributed by atoms with Gasteiger partial charge in [-0.25, -0.2) is 0 Å². The Kier molecular flexibility index (Phi) is 4.66. The summed E-state index contributed by atoms with van der Waals surface area (Å²) < 4.78 is 1.85. The summed E-state index contributed by atoms with van der Waals surface area (Å²) in [5, 5.41) is 7.65. The number of unbranched alkanes of at least 4 members (excludes halogenated alkanes) is 2. The van der Waals surface area contributed by atoms with Gasteiger partial charge in [0.15, 0.2) is 0 Å². The molecule has 1 unspecified atom stereocenters. The second-order valence-corrected chi connectivity index (χ2v) is 3.83. The van der Waals surface area contributed by atoms with Gasteiger partial charge in [0.05, 0.1) is 6.20 Å². The molecule has 0 amide bonds. The van der Waals surface area contributed by atoms with Gasteiger partial charge in [-0.3, -0.25) is 4.68 Å². The van der Waals surface area contributed by atoms with E-state index in [0.29, 0.717) is 6.04 Å². The number of hydrogen-bond acceptors (Lipinski definition) is 2. The molecule has 0 aliphatic heterocycles. The van der Waals surface area contributed by atoms with Crippen LogP contribution < -0.4 is 5.32 Å². The molecule has 14 heavy (non-hydrogen) atoms. The minimum atomic E-state index is 0.417. The molecule has 1 aromatic heterocycles. The van der Waals surface area contributed by atoms with Gasteiger partial charge in [0.25, 0.3) is 0 Å². The zero-order valence-corrected chi connectivity index (χ0v) is 9.45. The SMILES string of the molecule is CCCCCNC(C)c1cnn(C)c1. The average molecular weight is 195 g/mol. The molecule has 0 radical (unpaired) electrons. The predicted molar refractivity (Wildman–Crippen MR) is 59.2 cm³/mol. The Hall–Kier alpha value is -0.830. The lowest BCUT2D eigenvalue weighted by Gasteiger charge is -2.11. The molecule has 1 N–H and O–H groups in total. The first-order chi connectivity index (χ1) is 6.74. The summed E-state index contributed by atoms with van der Waals surface area (Å²) in [6.07, 6.45) is 7.85. The maximum atomic E-state index is 4.16. The third-order valence-electron chi connectivity index (χ3n) is 2.46. The second kappa shape index (κ2) is 5.81. The van der Waals surface area contributed by atoms with Crippen LogP contribution in [-0.2, 0) is 7.05 Å². The third-order valence-corrected chi connectivity index (χ3v) is 2.46. The summed E-state index contributed by atoms with van der Waals surface area (Å²) in [4.78, 5) is 0. The van der Waals surface area contributed by atoms with Gasteiger partial charge in [-0.1, -0.05) is 19.8 Å². The zero-order valence-electron chi connectivity index (χ0n) is 9.45. The maximum absolute atomic E-state index is 4.16. The highest BCUT2D eigenvalue weighted by atomic mass is 15.2. The molecule has 80 valence electrons. The number of nitrogens with zero attached hydrogens (tertiary/aromatic N) is 2. The molecule has 0 saturated heterocycles. The largest absolute Gasteiger partial charge is 0.310 e. The standard InChI is InChI=1S/C11H21N3/c1-4-5-6-7-12-10(2)11-8-13-14(3)9-11/h8-10,12H,4-7H2,1-3H3. The van der Waals surface area contributed by atoms with E-state index in [4.69, 9.17) is 0 Å². The Labute approximate surface area is 86.5 Å². The number of aryl methyl sites for hydroxylation is 1. The van der Waals surface area contributed by atoms with Crippen molar-refractivity contribution in [2.24, 2.45) is 7.05 Å². The van der Waals surface area contributed by atoms with Crippen molar-refractivity contribution in [3.05, 3.63) is 18.0 Å². The van der Waals surface area contributed by atoms with Crippen LogP contribution in [0.3, 0.4) is 0 Å². The van der Waals surface area contributed by atoms with Crippen LogP contribution in [-0.4, -0.2) is 16.3 Å². The summed E-state index contributed by atoms with van der Waals surface area (Å²) in [7, 11) is 1.95. The predicted octanol–water partition coefficient (Wildman–Crippen LogP) is 2.26. The molecule has 0 aromatic carbocycles. The van der Waals surface area contributed by atoms with Crippen LogP contribution in [0.2, 0.25) is 0 Å². The van der Waals surface area contributed by atoms with E-state index in [-0.39, 0.29) is 0 Å². The summed E-state index contributed by atoms with van der Waals surface area (Å²) >= 11 is 0. The van der Waals surface area contributed by atoms with E-state index in [0.717, 1.165) is 6.54 Å². The highest BCUT2D eigenvalue weighted by molar-refractivity contribution is 5.08. The van der Waals surface area contributed by atoms with E-state index in [9.17, 15) is 0 Å². The monoisotopic (exact) mass is 195 g/mol. The highest BCUT2D eigenvalue weighted by Crippen LogP contribution is 2.10. The van der Waals surface area contributed by atoms with E-state index < -0.39 is 0 Å². The van der Waals surface area contributed by atoms with Crippen molar-refractivity contribution >= 4 is 0 Å². The van der Waals surface area contributed by atoms with Gasteiger partial charge in [0.2, 0.25) is 0 Å². The van der Waals surface area contributed by atoms with Crippen molar-refractivity contribution in [3.63, 3.8) is 0 Å². The molecule has 1 heterocycles. The molecule has 3 nitrogen and oxygen atoms in total. The summed E-state index contributed by atoms with van der Waals surface area (Å²) in [5.41, 5.74) is 1.27. The van der Waals surface area contributed by atoms with Crippen LogP contribution in [0.1, 0.15) is 44.7 Å². The van der Waals surface area contributed by atoms with Crippen molar-refractivity contribution in [2.45, 2.75) is 39.2 Å². The van der Waals surface area contributed by atoms with Crippen LogP contribution in [0.25, 0.3) is 0 Å². The van der Waals surface area contributed by atoms with Gasteiger partial charge in [-0.2, -0.15) is 5.10 Å². The molecular weight excluding hydrogens is 174 g/mol. The zero-order chi connectivity index (χ0) is 10.4. The molecule has 0 saturated carbocycles. The third kappa shape index (κ3) is 3.50. The van der Waals surface area contributed by atoms with Crippen LogP contribution in [0.5, 0.6) is 0 Å². The Morgan fingerprint density at radius 1 is 1.50 bits per heavy atom. The fraction of sp³-hybridized carbons (Fsp3) is 0.727. The minimum Gasteiger partial charge on any atom is -0.310 e. The quantitative estimate of drug-likeness (QED) is 0.706. The molecular formula is C11H21N3. The van der Waals surface area contributed by atoms with Crippen molar-refractivity contribution in [1.29, 1.82) is 0 Å².